The summed E-state index contributed by atoms with van der Waals surface area (Å²) in [6.07, 6.45) is 1.79. The average molecular weight is 284 g/mol. The maximum absolute atomic E-state index is 12.0. The fourth-order valence-corrected chi connectivity index (χ4v) is 1.95. The summed E-state index contributed by atoms with van der Waals surface area (Å²) < 4.78 is 0. The molecule has 0 aliphatic carbocycles. The van der Waals surface area contributed by atoms with Crippen molar-refractivity contribution in [1.82, 2.24) is 10.3 Å². The highest BCUT2D eigenvalue weighted by Crippen LogP contribution is 2.12. The maximum Gasteiger partial charge on any atom is 0.251 e. The third kappa shape index (κ3) is 5.26. The lowest BCUT2D eigenvalue weighted by Gasteiger charge is -2.12. The number of aryl methyl sites for hydroxylation is 1. The van der Waals surface area contributed by atoms with Gasteiger partial charge in [0, 0.05) is 23.7 Å². The highest BCUT2D eigenvalue weighted by Gasteiger charge is 2.13. The summed E-state index contributed by atoms with van der Waals surface area (Å²) in [5, 5.41) is 2.99. The molecule has 6 heteroatoms. The van der Waals surface area contributed by atoms with Gasteiger partial charge in [-0.3, -0.25) is 9.59 Å². The minimum atomic E-state index is -0.452. The first-order chi connectivity index (χ1) is 8.92. The van der Waals surface area contributed by atoms with E-state index in [2.05, 4.69) is 10.3 Å². The van der Waals surface area contributed by atoms with Crippen LogP contribution in [0.1, 0.15) is 42.7 Å². The van der Waals surface area contributed by atoms with Crippen LogP contribution in [0.2, 0.25) is 5.15 Å². The monoisotopic (exact) mass is 283 g/mol. The van der Waals surface area contributed by atoms with Crippen LogP contribution >= 0.6 is 11.6 Å². The summed E-state index contributed by atoms with van der Waals surface area (Å²) in [7, 11) is 0. The molecule has 1 rings (SSSR count). The lowest BCUT2D eigenvalue weighted by molar-refractivity contribution is -0.118. The van der Waals surface area contributed by atoms with Gasteiger partial charge in [0.25, 0.3) is 5.91 Å². The standard InChI is InChI=1S/C13H18ClN3O2/c1-3-4-10-6-9(7-11(14)17-10)13(19)16-8(2)5-12(15)18/h6-8H,3-5H2,1-2H3,(H2,15,18)(H,16,19). The number of nitrogens with zero attached hydrogens (tertiary/aromatic N) is 1. The summed E-state index contributed by atoms with van der Waals surface area (Å²) in [6, 6.07) is 2.90. The topological polar surface area (TPSA) is 85.1 Å². The number of hydrogen-bond donors (Lipinski definition) is 2. The molecule has 1 atom stereocenters. The predicted molar refractivity (Wildman–Crippen MR) is 74.0 cm³/mol. The van der Waals surface area contributed by atoms with Gasteiger partial charge in [0.15, 0.2) is 0 Å². The minimum Gasteiger partial charge on any atom is -0.370 e. The Kier molecular flexibility index (Phi) is 5.76. The molecule has 0 aliphatic heterocycles. The van der Waals surface area contributed by atoms with Crippen molar-refractivity contribution in [2.24, 2.45) is 5.73 Å². The van der Waals surface area contributed by atoms with Crippen molar-refractivity contribution in [3.8, 4) is 0 Å². The molecule has 0 saturated carbocycles. The highest BCUT2D eigenvalue weighted by molar-refractivity contribution is 6.29. The van der Waals surface area contributed by atoms with Gasteiger partial charge in [-0.15, -0.1) is 0 Å². The first-order valence-corrected chi connectivity index (χ1v) is 6.55. The van der Waals surface area contributed by atoms with Crippen molar-refractivity contribution >= 4 is 23.4 Å². The molecule has 0 radical (unpaired) electrons. The van der Waals surface area contributed by atoms with Crippen LogP contribution in [-0.4, -0.2) is 22.8 Å². The second kappa shape index (κ2) is 7.09. The van der Waals surface area contributed by atoms with Gasteiger partial charge in [-0.05, 0) is 25.5 Å². The third-order valence-corrected chi connectivity index (χ3v) is 2.69. The molecule has 1 aromatic heterocycles. The molecule has 0 aliphatic rings. The van der Waals surface area contributed by atoms with Crippen LogP contribution in [0.3, 0.4) is 0 Å². The molecule has 0 fully saturated rings. The molecule has 0 spiro atoms. The van der Waals surface area contributed by atoms with Gasteiger partial charge >= 0.3 is 0 Å². The number of pyridine rings is 1. The number of rotatable bonds is 6. The number of carbonyl (C=O) groups is 2. The normalized spacial score (nSPS) is 11.9. The van der Waals surface area contributed by atoms with E-state index < -0.39 is 5.91 Å². The van der Waals surface area contributed by atoms with E-state index in [1.54, 1.807) is 13.0 Å². The molecule has 1 heterocycles. The molecular formula is C13H18ClN3O2. The van der Waals surface area contributed by atoms with Gasteiger partial charge in [-0.1, -0.05) is 24.9 Å². The summed E-state index contributed by atoms with van der Waals surface area (Å²) in [5.74, 6) is -0.734. The van der Waals surface area contributed by atoms with Crippen LogP contribution in [0.4, 0.5) is 0 Å². The van der Waals surface area contributed by atoms with Crippen molar-refractivity contribution in [2.75, 3.05) is 0 Å². The fraction of sp³-hybridized carbons (Fsp3) is 0.462. The van der Waals surface area contributed by atoms with Gasteiger partial charge in [0.1, 0.15) is 5.15 Å². The van der Waals surface area contributed by atoms with Gasteiger partial charge in [0.05, 0.1) is 0 Å². The number of aromatic nitrogens is 1. The van der Waals surface area contributed by atoms with Gasteiger partial charge in [-0.25, -0.2) is 4.98 Å². The molecule has 19 heavy (non-hydrogen) atoms. The van der Waals surface area contributed by atoms with Crippen LogP contribution < -0.4 is 11.1 Å². The molecule has 0 saturated heterocycles. The third-order valence-electron chi connectivity index (χ3n) is 2.50. The number of nitrogens with two attached hydrogens (primary N) is 1. The fourth-order valence-electron chi connectivity index (χ4n) is 1.73. The first kappa shape index (κ1) is 15.4. The minimum absolute atomic E-state index is 0.104. The zero-order chi connectivity index (χ0) is 14.4. The summed E-state index contributed by atoms with van der Waals surface area (Å²) in [4.78, 5) is 26.9. The Bertz CT molecular complexity index is 477. The van der Waals surface area contributed by atoms with E-state index in [9.17, 15) is 9.59 Å². The number of hydrogen-bond acceptors (Lipinski definition) is 3. The lowest BCUT2D eigenvalue weighted by atomic mass is 10.1. The van der Waals surface area contributed by atoms with Gasteiger partial charge < -0.3 is 11.1 Å². The Morgan fingerprint density at radius 3 is 2.74 bits per heavy atom. The summed E-state index contributed by atoms with van der Waals surface area (Å²) >= 11 is 5.89. The smallest absolute Gasteiger partial charge is 0.251 e. The molecule has 5 nitrogen and oxygen atoms in total. The van der Waals surface area contributed by atoms with Crippen molar-refractivity contribution in [2.45, 2.75) is 39.2 Å². The molecule has 2 amide bonds. The number of nitrogens with one attached hydrogen (secondary N) is 1. The average Bonchev–Trinajstić information content (AvgIpc) is 2.27. The van der Waals surface area contributed by atoms with Crippen molar-refractivity contribution in [3.05, 3.63) is 28.5 Å². The van der Waals surface area contributed by atoms with Crippen LogP contribution in [0.5, 0.6) is 0 Å². The predicted octanol–water partition coefficient (Wildman–Crippen LogP) is 1.68. The van der Waals surface area contributed by atoms with Crippen LogP contribution in [-0.2, 0) is 11.2 Å². The van der Waals surface area contributed by atoms with Gasteiger partial charge in [-0.2, -0.15) is 0 Å². The number of amides is 2. The molecule has 1 aromatic rings. The van der Waals surface area contributed by atoms with Crippen molar-refractivity contribution in [3.63, 3.8) is 0 Å². The zero-order valence-electron chi connectivity index (χ0n) is 11.1. The van der Waals surface area contributed by atoms with E-state index >= 15 is 0 Å². The van der Waals surface area contributed by atoms with Crippen molar-refractivity contribution < 1.29 is 9.59 Å². The summed E-state index contributed by atoms with van der Waals surface area (Å²) in [5.41, 5.74) is 6.30. The second-order valence-corrected chi connectivity index (χ2v) is 4.85. The SMILES string of the molecule is CCCc1cc(C(=O)NC(C)CC(N)=O)cc(Cl)n1. The Morgan fingerprint density at radius 2 is 2.16 bits per heavy atom. The molecule has 3 N–H and O–H groups in total. The molecule has 1 unspecified atom stereocenters. The quantitative estimate of drug-likeness (QED) is 0.779. The van der Waals surface area contributed by atoms with E-state index in [0.29, 0.717) is 10.7 Å². The van der Waals surface area contributed by atoms with E-state index in [1.807, 2.05) is 6.92 Å². The Balaban J connectivity index is 2.78. The van der Waals surface area contributed by atoms with E-state index in [-0.39, 0.29) is 18.4 Å². The molecule has 0 aromatic carbocycles. The van der Waals surface area contributed by atoms with Gasteiger partial charge in [0.2, 0.25) is 5.91 Å². The Hall–Kier alpha value is -1.62. The maximum atomic E-state index is 12.0. The molecular weight excluding hydrogens is 266 g/mol. The Labute approximate surface area is 117 Å². The second-order valence-electron chi connectivity index (χ2n) is 4.46. The molecule has 0 bridgehead atoms. The lowest BCUT2D eigenvalue weighted by Crippen LogP contribution is -2.35. The van der Waals surface area contributed by atoms with Crippen LogP contribution in [0, 0.1) is 0 Å². The van der Waals surface area contributed by atoms with Crippen LogP contribution in [0.25, 0.3) is 0 Å². The van der Waals surface area contributed by atoms with E-state index in [4.69, 9.17) is 17.3 Å². The Morgan fingerprint density at radius 1 is 1.47 bits per heavy atom. The summed E-state index contributed by atoms with van der Waals surface area (Å²) in [6.45, 7) is 3.75. The molecule has 104 valence electrons. The zero-order valence-corrected chi connectivity index (χ0v) is 11.8. The largest absolute Gasteiger partial charge is 0.370 e. The number of halogens is 1. The number of primary amides is 1. The first-order valence-electron chi connectivity index (χ1n) is 6.18. The van der Waals surface area contributed by atoms with Crippen molar-refractivity contribution in [1.29, 1.82) is 0 Å². The van der Waals surface area contributed by atoms with E-state index in [1.165, 1.54) is 6.07 Å². The van der Waals surface area contributed by atoms with E-state index in [0.717, 1.165) is 18.5 Å². The number of carbonyl (C=O) groups excluding carboxylic acids is 2. The van der Waals surface area contributed by atoms with Crippen LogP contribution in [0.15, 0.2) is 12.1 Å². The highest BCUT2D eigenvalue weighted by atomic mass is 35.5.